The molecule has 0 aliphatic carbocycles. The van der Waals surface area contributed by atoms with Crippen molar-refractivity contribution in [2.24, 2.45) is 5.73 Å². The Morgan fingerprint density at radius 3 is 2.43 bits per heavy atom. The molecular formula is C7H7BrClF3N2. The number of hydrogen-bond donors (Lipinski definition) is 1. The van der Waals surface area contributed by atoms with Crippen molar-refractivity contribution in [1.29, 1.82) is 0 Å². The third-order valence-electron chi connectivity index (χ3n) is 1.48. The van der Waals surface area contributed by atoms with Crippen LogP contribution in [0.25, 0.3) is 0 Å². The van der Waals surface area contributed by atoms with Gasteiger partial charge in [-0.25, -0.2) is 4.98 Å². The molecular weight excluding hydrogens is 284 g/mol. The zero-order valence-electron chi connectivity index (χ0n) is 6.75. The van der Waals surface area contributed by atoms with Crippen LogP contribution >= 0.6 is 28.3 Å². The molecule has 2 nitrogen and oxygen atoms in total. The minimum Gasteiger partial charge on any atom is -0.316 e. The van der Waals surface area contributed by atoms with Crippen LogP contribution in [0.2, 0.25) is 0 Å². The van der Waals surface area contributed by atoms with Gasteiger partial charge in [0.2, 0.25) is 0 Å². The van der Waals surface area contributed by atoms with Gasteiger partial charge in [-0.05, 0) is 22.0 Å². The Bertz CT molecular complexity index is 305. The Labute approximate surface area is 93.2 Å². The summed E-state index contributed by atoms with van der Waals surface area (Å²) in [4.78, 5) is 3.65. The Balaban J connectivity index is 0.00000169. The lowest BCUT2D eigenvalue weighted by molar-refractivity contribution is -0.149. The molecule has 14 heavy (non-hydrogen) atoms. The first kappa shape index (κ1) is 13.7. The topological polar surface area (TPSA) is 38.9 Å². The molecule has 0 aromatic carbocycles. The zero-order chi connectivity index (χ0) is 10.1. The molecule has 1 heterocycles. The van der Waals surface area contributed by atoms with E-state index in [0.717, 1.165) is 0 Å². The predicted molar refractivity (Wildman–Crippen MR) is 52.2 cm³/mol. The molecule has 0 saturated carbocycles. The summed E-state index contributed by atoms with van der Waals surface area (Å²) in [6.45, 7) is 0. The summed E-state index contributed by atoms with van der Waals surface area (Å²) in [5.74, 6) is 0. The van der Waals surface area contributed by atoms with Crippen LogP contribution in [0, 0.1) is 0 Å². The molecule has 0 unspecified atom stereocenters. The fourth-order valence-electron chi connectivity index (χ4n) is 0.807. The van der Waals surface area contributed by atoms with Crippen LogP contribution in [0.3, 0.4) is 0 Å². The van der Waals surface area contributed by atoms with E-state index in [4.69, 9.17) is 5.73 Å². The average Bonchev–Trinajstić information content (AvgIpc) is 2.02. The zero-order valence-corrected chi connectivity index (χ0v) is 9.16. The van der Waals surface area contributed by atoms with Gasteiger partial charge in [-0.3, -0.25) is 0 Å². The van der Waals surface area contributed by atoms with Crippen LogP contribution < -0.4 is 5.73 Å². The van der Waals surface area contributed by atoms with Gasteiger partial charge in [-0.15, -0.1) is 12.4 Å². The largest absolute Gasteiger partial charge is 0.407 e. The van der Waals surface area contributed by atoms with Crippen LogP contribution in [-0.4, -0.2) is 11.2 Å². The van der Waals surface area contributed by atoms with Gasteiger partial charge in [0.25, 0.3) is 0 Å². The molecule has 7 heteroatoms. The molecule has 0 aliphatic heterocycles. The molecule has 0 amide bonds. The van der Waals surface area contributed by atoms with Crippen molar-refractivity contribution in [1.82, 2.24) is 4.98 Å². The molecule has 1 atom stereocenters. The third kappa shape index (κ3) is 3.11. The van der Waals surface area contributed by atoms with Crippen molar-refractivity contribution in [3.63, 3.8) is 0 Å². The van der Waals surface area contributed by atoms with E-state index in [1.807, 2.05) is 0 Å². The van der Waals surface area contributed by atoms with Crippen molar-refractivity contribution in [2.75, 3.05) is 0 Å². The third-order valence-corrected chi connectivity index (χ3v) is 2.14. The maximum absolute atomic E-state index is 12.1. The van der Waals surface area contributed by atoms with Crippen molar-refractivity contribution in [3.05, 3.63) is 28.5 Å². The highest BCUT2D eigenvalue weighted by molar-refractivity contribution is 9.10. The SMILES string of the molecule is Cl.N[C@@H](c1cccnc1Br)C(F)(F)F. The quantitative estimate of drug-likeness (QED) is 0.808. The van der Waals surface area contributed by atoms with Gasteiger partial charge in [0.05, 0.1) is 0 Å². The smallest absolute Gasteiger partial charge is 0.316 e. The van der Waals surface area contributed by atoms with Crippen molar-refractivity contribution >= 4 is 28.3 Å². The highest BCUT2D eigenvalue weighted by Crippen LogP contribution is 2.32. The Hall–Kier alpha value is -0.330. The lowest BCUT2D eigenvalue weighted by atomic mass is 10.1. The molecule has 0 fully saturated rings. The van der Waals surface area contributed by atoms with Crippen LogP contribution in [0.15, 0.2) is 22.9 Å². The highest BCUT2D eigenvalue weighted by Gasteiger charge is 2.38. The van der Waals surface area contributed by atoms with Gasteiger partial charge < -0.3 is 5.73 Å². The maximum atomic E-state index is 12.1. The summed E-state index contributed by atoms with van der Waals surface area (Å²) in [6, 6.07) is 0.705. The first-order valence-corrected chi connectivity index (χ1v) is 4.15. The van der Waals surface area contributed by atoms with Gasteiger partial charge in [-0.1, -0.05) is 6.07 Å². The van der Waals surface area contributed by atoms with E-state index >= 15 is 0 Å². The standard InChI is InChI=1S/C7H6BrF3N2.ClH/c8-6-4(2-1-3-13-6)5(12)7(9,10)11;/h1-3,5H,12H2;1H/t5-;/m0./s1. The van der Waals surface area contributed by atoms with Crippen LogP contribution in [0.1, 0.15) is 11.6 Å². The number of aromatic nitrogens is 1. The van der Waals surface area contributed by atoms with Crippen molar-refractivity contribution in [2.45, 2.75) is 12.2 Å². The summed E-state index contributed by atoms with van der Waals surface area (Å²) in [5.41, 5.74) is 4.92. The predicted octanol–water partition coefficient (Wildman–Crippen LogP) is 2.83. The molecule has 0 radical (unpaired) electrons. The Morgan fingerprint density at radius 2 is 2.00 bits per heavy atom. The van der Waals surface area contributed by atoms with E-state index < -0.39 is 12.2 Å². The first-order chi connectivity index (χ1) is 5.93. The van der Waals surface area contributed by atoms with Crippen LogP contribution in [0.5, 0.6) is 0 Å². The first-order valence-electron chi connectivity index (χ1n) is 3.35. The number of alkyl halides is 3. The molecule has 80 valence electrons. The minimum atomic E-state index is -4.44. The number of halogens is 5. The summed E-state index contributed by atoms with van der Waals surface area (Å²) in [6.07, 6.45) is -3.05. The van der Waals surface area contributed by atoms with E-state index in [1.54, 1.807) is 0 Å². The van der Waals surface area contributed by atoms with E-state index in [1.165, 1.54) is 18.3 Å². The number of rotatable bonds is 1. The van der Waals surface area contributed by atoms with E-state index in [-0.39, 0.29) is 22.6 Å². The van der Waals surface area contributed by atoms with Crippen LogP contribution in [0.4, 0.5) is 13.2 Å². The number of nitrogens with zero attached hydrogens (tertiary/aromatic N) is 1. The second-order valence-electron chi connectivity index (χ2n) is 2.40. The van der Waals surface area contributed by atoms with Gasteiger partial charge in [0.15, 0.2) is 0 Å². The fraction of sp³-hybridized carbons (Fsp3) is 0.286. The summed E-state index contributed by atoms with van der Waals surface area (Å²) in [7, 11) is 0. The highest BCUT2D eigenvalue weighted by atomic mass is 79.9. The van der Waals surface area contributed by atoms with Crippen molar-refractivity contribution < 1.29 is 13.2 Å². The molecule has 1 rings (SSSR count). The van der Waals surface area contributed by atoms with E-state index in [9.17, 15) is 13.2 Å². The molecule has 0 aliphatic rings. The van der Waals surface area contributed by atoms with Crippen LogP contribution in [-0.2, 0) is 0 Å². The normalized spacial score (nSPS) is 13.2. The van der Waals surface area contributed by atoms with E-state index in [2.05, 4.69) is 20.9 Å². The second kappa shape index (κ2) is 4.95. The summed E-state index contributed by atoms with van der Waals surface area (Å²) >= 11 is 2.90. The fourth-order valence-corrected chi connectivity index (χ4v) is 1.30. The number of nitrogens with two attached hydrogens (primary N) is 1. The molecule has 2 N–H and O–H groups in total. The monoisotopic (exact) mass is 290 g/mol. The van der Waals surface area contributed by atoms with E-state index in [0.29, 0.717) is 0 Å². The molecule has 0 spiro atoms. The number of pyridine rings is 1. The minimum absolute atomic E-state index is 0. The maximum Gasteiger partial charge on any atom is 0.407 e. The molecule has 0 saturated heterocycles. The second-order valence-corrected chi connectivity index (χ2v) is 3.15. The molecule has 1 aromatic heterocycles. The van der Waals surface area contributed by atoms with Gasteiger partial charge in [0, 0.05) is 11.8 Å². The van der Waals surface area contributed by atoms with Crippen molar-refractivity contribution in [3.8, 4) is 0 Å². The van der Waals surface area contributed by atoms with Gasteiger partial charge in [-0.2, -0.15) is 13.2 Å². The summed E-state index contributed by atoms with van der Waals surface area (Å²) in [5, 5.41) is 0. The van der Waals surface area contributed by atoms with Gasteiger partial charge >= 0.3 is 6.18 Å². The lowest BCUT2D eigenvalue weighted by Crippen LogP contribution is -2.28. The Kier molecular flexibility index (Phi) is 4.83. The summed E-state index contributed by atoms with van der Waals surface area (Å²) < 4.78 is 36.5. The molecule has 0 bridgehead atoms. The lowest BCUT2D eigenvalue weighted by Gasteiger charge is -2.16. The number of hydrogen-bond acceptors (Lipinski definition) is 2. The molecule has 1 aromatic rings. The average molecular weight is 291 g/mol. The Morgan fingerprint density at radius 1 is 1.43 bits per heavy atom. The van der Waals surface area contributed by atoms with Gasteiger partial charge in [0.1, 0.15) is 10.6 Å².